The van der Waals surface area contributed by atoms with Crippen LogP contribution in [0.3, 0.4) is 0 Å². The van der Waals surface area contributed by atoms with Gasteiger partial charge in [0, 0.05) is 23.8 Å². The van der Waals surface area contributed by atoms with Crippen LogP contribution in [0.1, 0.15) is 5.56 Å². The molecule has 0 spiro atoms. The molecule has 0 bridgehead atoms. The molecule has 0 aromatic heterocycles. The van der Waals surface area contributed by atoms with Gasteiger partial charge in [0.1, 0.15) is 23.0 Å². The number of para-hydroxylation sites is 1. The van der Waals surface area contributed by atoms with Crippen molar-refractivity contribution in [3.63, 3.8) is 0 Å². The Hall–Kier alpha value is -3.39. The van der Waals surface area contributed by atoms with Crippen LogP contribution in [-0.4, -0.2) is 36.9 Å². The normalized spacial score (nSPS) is 11.0. The topological polar surface area (TPSA) is 74.3 Å². The number of hydrogen-bond donors (Lipinski definition) is 0. The van der Waals surface area contributed by atoms with Gasteiger partial charge in [0.05, 0.1) is 45.6 Å². The molecule has 31 heavy (non-hydrogen) atoms. The molecule has 8 heteroatoms. The number of anilines is 1. The largest absolute Gasteiger partial charge is 0.497 e. The third-order valence-electron chi connectivity index (χ3n) is 4.78. The van der Waals surface area contributed by atoms with Gasteiger partial charge in [-0.05, 0) is 30.3 Å². The summed E-state index contributed by atoms with van der Waals surface area (Å²) >= 11 is 0. The van der Waals surface area contributed by atoms with Gasteiger partial charge in [0.2, 0.25) is 0 Å². The highest BCUT2D eigenvalue weighted by atomic mass is 32.2. The zero-order chi connectivity index (χ0) is 22.4. The van der Waals surface area contributed by atoms with Crippen molar-refractivity contribution in [3.05, 3.63) is 72.3 Å². The minimum atomic E-state index is -3.94. The van der Waals surface area contributed by atoms with E-state index < -0.39 is 10.0 Å². The molecule has 0 atom stereocenters. The first-order valence-corrected chi connectivity index (χ1v) is 10.9. The van der Waals surface area contributed by atoms with Crippen LogP contribution < -0.4 is 23.3 Å². The minimum Gasteiger partial charge on any atom is -0.497 e. The molecule has 0 saturated carbocycles. The molecular formula is C23H25NO6S. The van der Waals surface area contributed by atoms with Gasteiger partial charge in [0.25, 0.3) is 10.0 Å². The van der Waals surface area contributed by atoms with Crippen LogP contribution in [0.2, 0.25) is 0 Å². The molecule has 3 aromatic rings. The first-order chi connectivity index (χ1) is 14.9. The number of methoxy groups -OCH3 is 4. The molecule has 0 saturated heterocycles. The summed E-state index contributed by atoms with van der Waals surface area (Å²) in [7, 11) is 2.17. The fourth-order valence-corrected chi connectivity index (χ4v) is 4.54. The lowest BCUT2D eigenvalue weighted by molar-refractivity contribution is 0.394. The van der Waals surface area contributed by atoms with E-state index in [0.717, 1.165) is 0 Å². The maximum atomic E-state index is 13.7. The van der Waals surface area contributed by atoms with E-state index in [-0.39, 0.29) is 11.4 Å². The average molecular weight is 444 g/mol. The van der Waals surface area contributed by atoms with Crippen molar-refractivity contribution in [1.29, 1.82) is 0 Å². The Labute approximate surface area is 182 Å². The van der Waals surface area contributed by atoms with Gasteiger partial charge < -0.3 is 18.9 Å². The molecule has 0 aliphatic carbocycles. The van der Waals surface area contributed by atoms with Crippen LogP contribution in [0.25, 0.3) is 0 Å². The molecule has 3 aromatic carbocycles. The minimum absolute atomic E-state index is 0.0503. The second kappa shape index (κ2) is 9.61. The Morgan fingerprint density at radius 1 is 0.710 bits per heavy atom. The number of rotatable bonds is 9. The summed E-state index contributed by atoms with van der Waals surface area (Å²) in [4.78, 5) is 0.130. The highest BCUT2D eigenvalue weighted by Crippen LogP contribution is 2.34. The number of nitrogens with zero attached hydrogens (tertiary/aromatic N) is 1. The predicted molar refractivity (Wildman–Crippen MR) is 119 cm³/mol. The molecule has 0 heterocycles. The highest BCUT2D eigenvalue weighted by Gasteiger charge is 2.27. The van der Waals surface area contributed by atoms with Crippen molar-refractivity contribution in [3.8, 4) is 23.0 Å². The molecule has 0 unspecified atom stereocenters. The van der Waals surface area contributed by atoms with Gasteiger partial charge in [-0.1, -0.05) is 18.2 Å². The summed E-state index contributed by atoms with van der Waals surface area (Å²) in [6.45, 7) is 0.0503. The number of ether oxygens (including phenoxy) is 4. The Bertz CT molecular complexity index is 1110. The number of benzene rings is 3. The highest BCUT2D eigenvalue weighted by molar-refractivity contribution is 7.92. The lowest BCUT2D eigenvalue weighted by atomic mass is 10.2. The first-order valence-electron chi connectivity index (χ1n) is 9.44. The Morgan fingerprint density at radius 3 is 1.84 bits per heavy atom. The fourth-order valence-electron chi connectivity index (χ4n) is 3.11. The molecule has 0 amide bonds. The Morgan fingerprint density at radius 2 is 1.29 bits per heavy atom. The molecular weight excluding hydrogens is 418 g/mol. The van der Waals surface area contributed by atoms with Crippen molar-refractivity contribution in [2.75, 3.05) is 32.7 Å². The summed E-state index contributed by atoms with van der Waals surface area (Å²) in [6.07, 6.45) is 0. The van der Waals surface area contributed by atoms with Crippen molar-refractivity contribution >= 4 is 15.7 Å². The smallest absolute Gasteiger partial charge is 0.264 e. The predicted octanol–water partition coefficient (Wildman–Crippen LogP) is 4.12. The van der Waals surface area contributed by atoms with Crippen molar-refractivity contribution in [1.82, 2.24) is 0 Å². The number of hydrogen-bond acceptors (Lipinski definition) is 6. The second-order valence-corrected chi connectivity index (χ2v) is 8.43. The van der Waals surface area contributed by atoms with E-state index in [1.807, 2.05) is 18.2 Å². The molecule has 7 nitrogen and oxygen atoms in total. The molecule has 3 rings (SSSR count). The van der Waals surface area contributed by atoms with E-state index in [1.165, 1.54) is 37.8 Å². The first kappa shape index (κ1) is 22.3. The Kier molecular flexibility index (Phi) is 6.91. The van der Waals surface area contributed by atoms with Gasteiger partial charge in [-0.2, -0.15) is 0 Å². The monoisotopic (exact) mass is 443 g/mol. The molecule has 0 radical (unpaired) electrons. The summed E-state index contributed by atoms with van der Waals surface area (Å²) in [5.74, 6) is 2.11. The maximum absolute atomic E-state index is 13.7. The lowest BCUT2D eigenvalue weighted by Crippen LogP contribution is -2.30. The third kappa shape index (κ3) is 4.86. The van der Waals surface area contributed by atoms with Crippen LogP contribution >= 0.6 is 0 Å². The van der Waals surface area contributed by atoms with Crippen molar-refractivity contribution in [2.45, 2.75) is 11.4 Å². The van der Waals surface area contributed by atoms with E-state index in [9.17, 15) is 8.42 Å². The van der Waals surface area contributed by atoms with Crippen LogP contribution in [0, 0.1) is 0 Å². The van der Waals surface area contributed by atoms with E-state index >= 15 is 0 Å². The van der Waals surface area contributed by atoms with Gasteiger partial charge in [-0.3, -0.25) is 4.31 Å². The van der Waals surface area contributed by atoms with Crippen LogP contribution in [0.15, 0.2) is 71.6 Å². The zero-order valence-electron chi connectivity index (χ0n) is 17.9. The van der Waals surface area contributed by atoms with Crippen LogP contribution in [0.4, 0.5) is 5.69 Å². The maximum Gasteiger partial charge on any atom is 0.264 e. The van der Waals surface area contributed by atoms with Crippen molar-refractivity contribution < 1.29 is 27.4 Å². The van der Waals surface area contributed by atoms with E-state index in [4.69, 9.17) is 18.9 Å². The standard InChI is InChI=1S/C23H25NO6S/c1-27-19-9-11-22(12-10-19)31(25,26)24(16-17-7-5-6-8-23(17)30-4)18-13-20(28-2)15-21(14-18)29-3/h5-15H,16H2,1-4H3. The fraction of sp³-hybridized carbons (Fsp3) is 0.217. The second-order valence-electron chi connectivity index (χ2n) is 6.57. The van der Waals surface area contributed by atoms with Crippen LogP contribution in [-0.2, 0) is 16.6 Å². The molecule has 0 N–H and O–H groups in total. The van der Waals surface area contributed by atoms with Crippen LogP contribution in [0.5, 0.6) is 23.0 Å². The molecule has 0 aliphatic rings. The SMILES string of the molecule is COc1ccc(S(=O)(=O)N(Cc2ccccc2OC)c2cc(OC)cc(OC)c2)cc1. The van der Waals surface area contributed by atoms with Gasteiger partial charge in [-0.15, -0.1) is 0 Å². The van der Waals surface area contributed by atoms with E-state index in [1.54, 1.807) is 43.5 Å². The van der Waals surface area contributed by atoms with Crippen molar-refractivity contribution in [2.24, 2.45) is 0 Å². The summed E-state index contributed by atoms with van der Waals surface area (Å²) in [5.41, 5.74) is 1.11. The zero-order valence-corrected chi connectivity index (χ0v) is 18.7. The third-order valence-corrected chi connectivity index (χ3v) is 6.57. The molecule has 0 fully saturated rings. The van der Waals surface area contributed by atoms with E-state index in [0.29, 0.717) is 34.2 Å². The quantitative estimate of drug-likeness (QED) is 0.495. The van der Waals surface area contributed by atoms with E-state index in [2.05, 4.69) is 0 Å². The van der Waals surface area contributed by atoms with Gasteiger partial charge >= 0.3 is 0 Å². The van der Waals surface area contributed by atoms with Gasteiger partial charge in [-0.25, -0.2) is 8.42 Å². The Balaban J connectivity index is 2.16. The summed E-state index contributed by atoms with van der Waals surface area (Å²) in [5, 5.41) is 0. The molecule has 164 valence electrons. The average Bonchev–Trinajstić information content (AvgIpc) is 2.82. The van der Waals surface area contributed by atoms with Gasteiger partial charge in [0.15, 0.2) is 0 Å². The summed E-state index contributed by atoms with van der Waals surface area (Å²) in [6, 6.07) is 18.5. The summed E-state index contributed by atoms with van der Waals surface area (Å²) < 4.78 is 50.0. The lowest BCUT2D eigenvalue weighted by Gasteiger charge is -2.26. The number of sulfonamides is 1. The molecule has 0 aliphatic heterocycles.